The number of hydrogen-bond donors (Lipinski definition) is 3. The number of amides is 2. The van der Waals surface area contributed by atoms with Crippen LogP contribution < -0.4 is 26.4 Å². The smallest absolute Gasteiger partial charge is 0.267 e. The second kappa shape index (κ2) is 8.18. The van der Waals surface area contributed by atoms with E-state index in [2.05, 4.69) is 26.3 Å². The quantitative estimate of drug-likeness (QED) is 0.563. The number of carbonyl (C=O) groups is 2. The van der Waals surface area contributed by atoms with Crippen molar-refractivity contribution in [2.45, 2.75) is 26.4 Å². The second-order valence-corrected chi connectivity index (χ2v) is 7.85. The van der Waals surface area contributed by atoms with E-state index < -0.39 is 17.9 Å². The van der Waals surface area contributed by atoms with Gasteiger partial charge >= 0.3 is 0 Å². The molecule has 2 aromatic carbocycles. The highest BCUT2D eigenvalue weighted by atomic mass is 16.5. The summed E-state index contributed by atoms with van der Waals surface area (Å²) >= 11 is 0. The number of anilines is 2. The van der Waals surface area contributed by atoms with Gasteiger partial charge in [-0.1, -0.05) is 6.07 Å². The van der Waals surface area contributed by atoms with Crippen LogP contribution in [-0.2, 0) is 11.3 Å². The molecule has 0 radical (unpaired) electrons. The summed E-state index contributed by atoms with van der Waals surface area (Å²) in [6, 6.07) is 12.4. The zero-order valence-electron chi connectivity index (χ0n) is 18.0. The van der Waals surface area contributed by atoms with Gasteiger partial charge in [-0.05, 0) is 49.7 Å². The Morgan fingerprint density at radius 1 is 1.09 bits per heavy atom. The summed E-state index contributed by atoms with van der Waals surface area (Å²) in [7, 11) is 2.00. The fourth-order valence-corrected chi connectivity index (χ4v) is 3.48. The number of carbonyl (C=O) groups excluding carboxylic acids is 2. The van der Waals surface area contributed by atoms with Gasteiger partial charge in [-0.25, -0.2) is 9.97 Å². The average Bonchev–Trinajstić information content (AvgIpc) is 2.88. The maximum atomic E-state index is 11.8. The lowest BCUT2D eigenvalue weighted by molar-refractivity contribution is -0.118. The molecule has 0 aliphatic carbocycles. The molecule has 0 saturated heterocycles. The number of benzene rings is 2. The van der Waals surface area contributed by atoms with E-state index in [4.69, 9.17) is 16.2 Å². The van der Waals surface area contributed by atoms with Crippen LogP contribution in [0.1, 0.15) is 28.5 Å². The molecule has 5 N–H and O–H groups in total. The summed E-state index contributed by atoms with van der Waals surface area (Å²) in [5, 5.41) is 2.88. The molecule has 0 fully saturated rings. The lowest BCUT2D eigenvalue weighted by Crippen LogP contribution is -2.33. The molecule has 3 aromatic rings. The molecule has 2 amide bonds. The molecule has 2 heterocycles. The van der Waals surface area contributed by atoms with Gasteiger partial charge in [0.2, 0.25) is 5.91 Å². The standard InChI is InChI=1S/C23H24N6O3/c1-12-4-6-19-17(8-12)29(3)11-15-9-14(5-7-18(15)32-19)23-27-16(22(25)31)10-20(28-23)26-13(2)21(24)30/h4-10,13H,11H2,1-3H3,(H2,24,30)(H2,25,31)(H,26,27,28)/t13-/m0/s1. The number of nitrogens with one attached hydrogen (secondary N) is 1. The van der Waals surface area contributed by atoms with Crippen LogP contribution in [0.25, 0.3) is 11.4 Å². The van der Waals surface area contributed by atoms with Crippen molar-refractivity contribution in [2.75, 3.05) is 17.3 Å². The summed E-state index contributed by atoms with van der Waals surface area (Å²) in [6.07, 6.45) is 0. The zero-order chi connectivity index (χ0) is 23.0. The number of rotatable bonds is 5. The predicted octanol–water partition coefficient (Wildman–Crippen LogP) is 2.58. The number of primary amides is 2. The van der Waals surface area contributed by atoms with Crippen LogP contribution in [0.3, 0.4) is 0 Å². The van der Waals surface area contributed by atoms with Crippen LogP contribution in [0.15, 0.2) is 42.5 Å². The van der Waals surface area contributed by atoms with E-state index in [0.29, 0.717) is 17.9 Å². The summed E-state index contributed by atoms with van der Waals surface area (Å²) < 4.78 is 6.16. The summed E-state index contributed by atoms with van der Waals surface area (Å²) in [5.74, 6) is 0.834. The maximum absolute atomic E-state index is 11.8. The zero-order valence-corrected chi connectivity index (χ0v) is 18.0. The lowest BCUT2D eigenvalue weighted by atomic mass is 10.1. The molecular weight excluding hydrogens is 408 g/mol. The molecule has 0 saturated carbocycles. The van der Waals surface area contributed by atoms with Gasteiger partial charge in [-0.3, -0.25) is 9.59 Å². The van der Waals surface area contributed by atoms with Gasteiger partial charge in [0.1, 0.15) is 23.3 Å². The molecule has 1 aliphatic heterocycles. The van der Waals surface area contributed by atoms with Crippen molar-refractivity contribution in [3.63, 3.8) is 0 Å². The Kier molecular flexibility index (Phi) is 5.40. The van der Waals surface area contributed by atoms with Gasteiger partial charge in [0.15, 0.2) is 11.6 Å². The molecule has 0 unspecified atom stereocenters. The Bertz CT molecular complexity index is 1230. The number of nitrogens with two attached hydrogens (primary N) is 2. The van der Waals surface area contributed by atoms with E-state index in [9.17, 15) is 9.59 Å². The van der Waals surface area contributed by atoms with Crippen molar-refractivity contribution >= 4 is 23.3 Å². The highest BCUT2D eigenvalue weighted by molar-refractivity contribution is 5.92. The minimum Gasteiger partial charge on any atom is -0.455 e. The molecule has 32 heavy (non-hydrogen) atoms. The molecule has 164 valence electrons. The molecule has 9 nitrogen and oxygen atoms in total. The molecular formula is C23H24N6O3. The largest absolute Gasteiger partial charge is 0.455 e. The van der Waals surface area contributed by atoms with Crippen molar-refractivity contribution < 1.29 is 14.3 Å². The van der Waals surface area contributed by atoms with Gasteiger partial charge in [0, 0.05) is 30.8 Å². The van der Waals surface area contributed by atoms with Crippen LogP contribution in [0, 0.1) is 6.92 Å². The van der Waals surface area contributed by atoms with Crippen LogP contribution in [0.2, 0.25) is 0 Å². The van der Waals surface area contributed by atoms with E-state index in [0.717, 1.165) is 28.3 Å². The van der Waals surface area contributed by atoms with Crippen molar-refractivity contribution in [1.29, 1.82) is 0 Å². The number of aromatic nitrogens is 2. The Hall–Kier alpha value is -4.14. The van der Waals surface area contributed by atoms with Crippen LogP contribution >= 0.6 is 0 Å². The first-order valence-electron chi connectivity index (χ1n) is 10.1. The van der Waals surface area contributed by atoms with Crippen molar-refractivity contribution in [3.05, 3.63) is 59.3 Å². The van der Waals surface area contributed by atoms with Crippen LogP contribution in [-0.4, -0.2) is 34.9 Å². The van der Waals surface area contributed by atoms with Crippen molar-refractivity contribution in [3.8, 4) is 22.9 Å². The molecule has 1 aromatic heterocycles. The number of nitrogens with zero attached hydrogens (tertiary/aromatic N) is 3. The maximum Gasteiger partial charge on any atom is 0.267 e. The third-order valence-electron chi connectivity index (χ3n) is 5.24. The normalized spacial score (nSPS) is 13.3. The highest BCUT2D eigenvalue weighted by Crippen LogP contribution is 2.39. The van der Waals surface area contributed by atoms with Gasteiger partial charge in [0.25, 0.3) is 5.91 Å². The van der Waals surface area contributed by atoms with E-state index in [1.165, 1.54) is 6.07 Å². The fourth-order valence-electron chi connectivity index (χ4n) is 3.48. The number of fused-ring (bicyclic) bond motifs is 2. The monoisotopic (exact) mass is 432 g/mol. The Balaban J connectivity index is 1.73. The average molecular weight is 432 g/mol. The SMILES string of the molecule is Cc1ccc2c(c1)N(C)Cc1cc(-c3nc(N[C@@H](C)C(N)=O)cc(C(N)=O)n3)ccc1O2. The summed E-state index contributed by atoms with van der Waals surface area (Å²) in [6.45, 7) is 4.25. The Morgan fingerprint density at radius 2 is 1.84 bits per heavy atom. The molecule has 1 aliphatic rings. The third kappa shape index (κ3) is 4.18. The first kappa shape index (κ1) is 21.1. The first-order valence-corrected chi connectivity index (χ1v) is 10.1. The molecule has 0 spiro atoms. The Morgan fingerprint density at radius 3 is 2.56 bits per heavy atom. The van der Waals surface area contributed by atoms with E-state index in [1.54, 1.807) is 6.92 Å². The van der Waals surface area contributed by atoms with Crippen LogP contribution in [0.4, 0.5) is 11.5 Å². The molecule has 4 rings (SSSR count). The highest BCUT2D eigenvalue weighted by Gasteiger charge is 2.20. The minimum atomic E-state index is -0.702. The van der Waals surface area contributed by atoms with Gasteiger partial charge < -0.3 is 26.4 Å². The minimum absolute atomic E-state index is 0.0281. The van der Waals surface area contributed by atoms with Crippen molar-refractivity contribution in [2.24, 2.45) is 11.5 Å². The second-order valence-electron chi connectivity index (χ2n) is 7.85. The third-order valence-corrected chi connectivity index (χ3v) is 5.24. The number of ether oxygens (including phenoxy) is 1. The van der Waals surface area contributed by atoms with E-state index >= 15 is 0 Å². The van der Waals surface area contributed by atoms with Gasteiger partial charge in [-0.15, -0.1) is 0 Å². The molecule has 9 heteroatoms. The fraction of sp³-hybridized carbons (Fsp3) is 0.217. The first-order chi connectivity index (χ1) is 15.2. The Labute approximate surface area is 185 Å². The number of aryl methyl sites for hydroxylation is 1. The van der Waals surface area contributed by atoms with E-state index in [-0.39, 0.29) is 11.5 Å². The lowest BCUT2D eigenvalue weighted by Gasteiger charge is -2.18. The van der Waals surface area contributed by atoms with Crippen molar-refractivity contribution in [1.82, 2.24) is 9.97 Å². The van der Waals surface area contributed by atoms with E-state index in [1.807, 2.05) is 44.3 Å². The number of hydrogen-bond acceptors (Lipinski definition) is 7. The molecule has 0 bridgehead atoms. The predicted molar refractivity (Wildman–Crippen MR) is 122 cm³/mol. The summed E-state index contributed by atoms with van der Waals surface area (Å²) in [5.41, 5.74) is 14.6. The van der Waals surface area contributed by atoms with Gasteiger partial charge in [-0.2, -0.15) is 0 Å². The van der Waals surface area contributed by atoms with Gasteiger partial charge in [0.05, 0.1) is 5.69 Å². The summed E-state index contributed by atoms with van der Waals surface area (Å²) in [4.78, 5) is 34.1. The van der Waals surface area contributed by atoms with Crippen LogP contribution in [0.5, 0.6) is 11.5 Å². The topological polar surface area (TPSA) is 136 Å². The molecule has 1 atom stereocenters.